The summed E-state index contributed by atoms with van der Waals surface area (Å²) >= 11 is 0. The van der Waals surface area contributed by atoms with Crippen LogP contribution in [-0.2, 0) is 9.47 Å². The van der Waals surface area contributed by atoms with Gasteiger partial charge in [-0.3, -0.25) is 0 Å². The van der Waals surface area contributed by atoms with Crippen LogP contribution in [0.25, 0.3) is 0 Å². The van der Waals surface area contributed by atoms with Crippen molar-refractivity contribution in [3.8, 4) is 0 Å². The predicted molar refractivity (Wildman–Crippen MR) is 52.4 cm³/mol. The Kier molecular flexibility index (Phi) is 5.07. The number of ether oxygens (including phenoxy) is 2. The lowest BCUT2D eigenvalue weighted by Gasteiger charge is -2.20. The summed E-state index contributed by atoms with van der Waals surface area (Å²) in [5, 5.41) is 8.54. The second kappa shape index (κ2) is 5.55. The molecule has 0 atom stereocenters. The van der Waals surface area contributed by atoms with E-state index in [9.17, 15) is 9.59 Å². The molecule has 0 fully saturated rings. The summed E-state index contributed by atoms with van der Waals surface area (Å²) in [5.74, 6) is 0. The summed E-state index contributed by atoms with van der Waals surface area (Å²) < 4.78 is 9.12. The molecule has 0 saturated heterocycles. The first kappa shape index (κ1) is 13.7. The molecule has 0 unspecified atom stereocenters. The van der Waals surface area contributed by atoms with E-state index in [4.69, 9.17) is 9.84 Å². The monoisotopic (exact) mass is 219 g/mol. The summed E-state index contributed by atoms with van der Waals surface area (Å²) in [6.07, 6.45) is -1.89. The average Bonchev–Trinajstić information content (AvgIpc) is 2.00. The first-order valence-corrected chi connectivity index (χ1v) is 4.53. The summed E-state index contributed by atoms with van der Waals surface area (Å²) in [6.45, 7) is 4.89. The van der Waals surface area contributed by atoms with Crippen molar-refractivity contribution in [2.24, 2.45) is 0 Å². The zero-order chi connectivity index (χ0) is 12.1. The van der Waals surface area contributed by atoms with Gasteiger partial charge in [0.2, 0.25) is 0 Å². The molecule has 0 rings (SSSR count). The Balaban J connectivity index is 4.02. The summed E-state index contributed by atoms with van der Waals surface area (Å²) in [6, 6.07) is 0. The zero-order valence-electron chi connectivity index (χ0n) is 9.44. The topological polar surface area (TPSA) is 76.1 Å². The number of rotatable bonds is 2. The summed E-state index contributed by atoms with van der Waals surface area (Å²) in [4.78, 5) is 23.2. The Labute approximate surface area is 88.8 Å². The minimum atomic E-state index is -1.04. The van der Waals surface area contributed by atoms with E-state index >= 15 is 0 Å². The van der Waals surface area contributed by atoms with E-state index in [2.05, 4.69) is 4.74 Å². The van der Waals surface area contributed by atoms with Gasteiger partial charge < -0.3 is 19.5 Å². The lowest BCUT2D eigenvalue weighted by Crippen LogP contribution is -2.34. The van der Waals surface area contributed by atoms with Gasteiger partial charge >= 0.3 is 12.2 Å². The first-order chi connectivity index (χ1) is 6.76. The van der Waals surface area contributed by atoms with E-state index in [1.54, 1.807) is 20.8 Å². The molecule has 6 heteroatoms. The molecular formula is C9H17NO5. The van der Waals surface area contributed by atoms with Crippen LogP contribution in [-0.4, -0.2) is 48.1 Å². The van der Waals surface area contributed by atoms with Crippen molar-refractivity contribution in [1.82, 2.24) is 4.90 Å². The maximum atomic E-state index is 11.1. The molecule has 15 heavy (non-hydrogen) atoms. The molecule has 0 aliphatic rings. The van der Waals surface area contributed by atoms with E-state index in [-0.39, 0.29) is 13.2 Å². The number of amides is 1. The second-order valence-corrected chi connectivity index (χ2v) is 3.98. The van der Waals surface area contributed by atoms with E-state index in [1.807, 2.05) is 0 Å². The molecule has 0 radical (unpaired) electrons. The second-order valence-electron chi connectivity index (χ2n) is 3.98. The molecule has 0 aromatic heterocycles. The smallest absolute Gasteiger partial charge is 0.428 e. The Morgan fingerprint density at radius 2 is 1.87 bits per heavy atom. The number of hydrogen-bond acceptors (Lipinski definition) is 5. The first-order valence-electron chi connectivity index (χ1n) is 4.53. The number of aliphatic hydroxyl groups is 1. The SMILES string of the molecule is CN(CCO)C(=O)OC(=O)OC(C)(C)C. The number of aliphatic hydroxyl groups excluding tert-OH is 1. The maximum absolute atomic E-state index is 11.1. The molecule has 1 N–H and O–H groups in total. The van der Waals surface area contributed by atoms with Crippen molar-refractivity contribution in [2.45, 2.75) is 26.4 Å². The van der Waals surface area contributed by atoms with Gasteiger partial charge in [-0.1, -0.05) is 0 Å². The van der Waals surface area contributed by atoms with Crippen LogP contribution in [0.4, 0.5) is 9.59 Å². The lowest BCUT2D eigenvalue weighted by atomic mass is 10.2. The van der Waals surface area contributed by atoms with E-state index in [0.717, 1.165) is 4.90 Å². The minimum absolute atomic E-state index is 0.0988. The third kappa shape index (κ3) is 6.73. The van der Waals surface area contributed by atoms with Crippen LogP contribution in [0.2, 0.25) is 0 Å². The third-order valence-corrected chi connectivity index (χ3v) is 1.31. The number of likely N-dealkylation sites (N-methyl/N-ethyl adjacent to an activating group) is 1. The van der Waals surface area contributed by atoms with Crippen LogP contribution in [0.3, 0.4) is 0 Å². The highest BCUT2D eigenvalue weighted by Gasteiger charge is 2.21. The van der Waals surface area contributed by atoms with Gasteiger partial charge in [0, 0.05) is 13.6 Å². The number of hydrogen-bond donors (Lipinski definition) is 1. The van der Waals surface area contributed by atoms with Crippen molar-refractivity contribution in [1.29, 1.82) is 0 Å². The van der Waals surface area contributed by atoms with Crippen LogP contribution in [0, 0.1) is 0 Å². The molecule has 6 nitrogen and oxygen atoms in total. The Morgan fingerprint density at radius 3 is 2.27 bits per heavy atom. The summed E-state index contributed by atoms with van der Waals surface area (Å²) in [5.41, 5.74) is -0.701. The Bertz CT molecular complexity index is 233. The Morgan fingerprint density at radius 1 is 1.33 bits per heavy atom. The van der Waals surface area contributed by atoms with Crippen molar-refractivity contribution < 1.29 is 24.2 Å². The van der Waals surface area contributed by atoms with Crippen molar-refractivity contribution in [3.63, 3.8) is 0 Å². The molecule has 0 aliphatic carbocycles. The molecule has 0 aromatic carbocycles. The fourth-order valence-electron chi connectivity index (χ4n) is 0.661. The molecule has 0 bridgehead atoms. The average molecular weight is 219 g/mol. The van der Waals surface area contributed by atoms with Crippen molar-refractivity contribution >= 4 is 12.2 Å². The molecule has 0 heterocycles. The van der Waals surface area contributed by atoms with Crippen molar-refractivity contribution in [3.05, 3.63) is 0 Å². The number of carbonyl (C=O) groups excluding carboxylic acids is 2. The molecule has 1 amide bonds. The van der Waals surface area contributed by atoms with Crippen LogP contribution >= 0.6 is 0 Å². The molecule has 88 valence electrons. The van der Waals surface area contributed by atoms with E-state index < -0.39 is 17.8 Å². The third-order valence-electron chi connectivity index (χ3n) is 1.31. The number of carbonyl (C=O) groups is 2. The highest BCUT2D eigenvalue weighted by atomic mass is 16.8. The largest absolute Gasteiger partial charge is 0.517 e. The van der Waals surface area contributed by atoms with Gasteiger partial charge in [-0.05, 0) is 20.8 Å². The number of nitrogens with zero attached hydrogens (tertiary/aromatic N) is 1. The lowest BCUT2D eigenvalue weighted by molar-refractivity contribution is 0.00327. The maximum Gasteiger partial charge on any atom is 0.517 e. The fraction of sp³-hybridized carbons (Fsp3) is 0.778. The minimum Gasteiger partial charge on any atom is -0.428 e. The van der Waals surface area contributed by atoms with Crippen LogP contribution in [0.1, 0.15) is 20.8 Å². The van der Waals surface area contributed by atoms with Crippen LogP contribution in [0.15, 0.2) is 0 Å². The highest BCUT2D eigenvalue weighted by Crippen LogP contribution is 2.08. The van der Waals surface area contributed by atoms with Gasteiger partial charge in [-0.2, -0.15) is 0 Å². The van der Waals surface area contributed by atoms with E-state index in [1.165, 1.54) is 7.05 Å². The highest BCUT2D eigenvalue weighted by molar-refractivity contribution is 5.80. The van der Waals surface area contributed by atoms with Crippen LogP contribution in [0.5, 0.6) is 0 Å². The molecular weight excluding hydrogens is 202 g/mol. The van der Waals surface area contributed by atoms with Gasteiger partial charge in [-0.25, -0.2) is 9.59 Å². The molecule has 0 saturated carbocycles. The van der Waals surface area contributed by atoms with Gasteiger partial charge in [0.1, 0.15) is 5.60 Å². The zero-order valence-corrected chi connectivity index (χ0v) is 9.44. The standard InChI is InChI=1S/C9H17NO5/c1-9(2,3)15-8(13)14-7(12)10(4)5-6-11/h11H,5-6H2,1-4H3. The van der Waals surface area contributed by atoms with Gasteiger partial charge in [0.05, 0.1) is 6.61 Å². The predicted octanol–water partition coefficient (Wildman–Crippen LogP) is 0.982. The fourth-order valence-corrected chi connectivity index (χ4v) is 0.661. The summed E-state index contributed by atoms with van der Waals surface area (Å²) in [7, 11) is 1.41. The molecule has 0 spiro atoms. The Hall–Kier alpha value is -1.30. The quantitative estimate of drug-likeness (QED) is 0.553. The molecule has 0 aliphatic heterocycles. The van der Waals surface area contributed by atoms with Gasteiger partial charge in [0.15, 0.2) is 0 Å². The van der Waals surface area contributed by atoms with Gasteiger partial charge in [0.25, 0.3) is 0 Å². The van der Waals surface area contributed by atoms with E-state index in [0.29, 0.717) is 0 Å². The van der Waals surface area contributed by atoms with Gasteiger partial charge in [-0.15, -0.1) is 0 Å². The van der Waals surface area contributed by atoms with Crippen LogP contribution < -0.4 is 0 Å². The normalized spacial score (nSPS) is 10.7. The van der Waals surface area contributed by atoms with Crippen molar-refractivity contribution in [2.75, 3.05) is 20.2 Å². The molecule has 0 aromatic rings.